The van der Waals surface area contributed by atoms with E-state index >= 15 is 0 Å². The molecule has 0 saturated heterocycles. The van der Waals surface area contributed by atoms with Crippen molar-refractivity contribution in [3.63, 3.8) is 0 Å². The third kappa shape index (κ3) is 2.54. The molecule has 1 aliphatic carbocycles. The summed E-state index contributed by atoms with van der Waals surface area (Å²) < 4.78 is 10.4. The van der Waals surface area contributed by atoms with Crippen LogP contribution in [0.25, 0.3) is 0 Å². The lowest BCUT2D eigenvalue weighted by atomic mass is 10.0. The van der Waals surface area contributed by atoms with E-state index in [2.05, 4.69) is 6.07 Å². The molecule has 1 N–H and O–H groups in total. The molecule has 1 saturated carbocycles. The van der Waals surface area contributed by atoms with Gasteiger partial charge in [-0.2, -0.15) is 0 Å². The van der Waals surface area contributed by atoms with E-state index in [0.717, 1.165) is 29.7 Å². The fourth-order valence-electron chi connectivity index (χ4n) is 1.90. The molecule has 0 spiro atoms. The van der Waals surface area contributed by atoms with Crippen molar-refractivity contribution in [3.05, 3.63) is 29.3 Å². The molecule has 0 atom stereocenters. The van der Waals surface area contributed by atoms with Gasteiger partial charge in [-0.1, -0.05) is 6.07 Å². The number of rotatable bonds is 5. The summed E-state index contributed by atoms with van der Waals surface area (Å²) in [7, 11) is 3.34. The first kappa shape index (κ1) is 11.4. The molecular formula is C13H18O3. The maximum atomic E-state index is 9.94. The highest BCUT2D eigenvalue weighted by molar-refractivity contribution is 5.38. The Hall–Kier alpha value is -1.06. The Kier molecular flexibility index (Phi) is 3.17. The summed E-state index contributed by atoms with van der Waals surface area (Å²) in [6.45, 7) is 0.593. The molecular weight excluding hydrogens is 204 g/mol. The highest BCUT2D eigenvalue weighted by atomic mass is 16.5. The van der Waals surface area contributed by atoms with Crippen LogP contribution in [0.4, 0.5) is 0 Å². The van der Waals surface area contributed by atoms with Crippen molar-refractivity contribution in [2.45, 2.75) is 31.5 Å². The minimum absolute atomic E-state index is 0.487. The third-order valence-corrected chi connectivity index (χ3v) is 3.00. The summed E-state index contributed by atoms with van der Waals surface area (Å²) in [6, 6.07) is 5.98. The molecule has 0 unspecified atom stereocenters. The molecule has 1 aliphatic rings. The number of hydrogen-bond donors (Lipinski definition) is 1. The fourth-order valence-corrected chi connectivity index (χ4v) is 1.90. The van der Waals surface area contributed by atoms with Gasteiger partial charge >= 0.3 is 0 Å². The zero-order chi connectivity index (χ0) is 11.6. The van der Waals surface area contributed by atoms with Crippen LogP contribution in [-0.4, -0.2) is 24.9 Å². The van der Waals surface area contributed by atoms with E-state index in [0.29, 0.717) is 13.0 Å². The van der Waals surface area contributed by atoms with Crippen molar-refractivity contribution < 1.29 is 14.6 Å². The van der Waals surface area contributed by atoms with Gasteiger partial charge in [0.25, 0.3) is 0 Å². The highest BCUT2D eigenvalue weighted by Gasteiger charge is 2.40. The predicted molar refractivity (Wildman–Crippen MR) is 61.6 cm³/mol. The summed E-state index contributed by atoms with van der Waals surface area (Å²) in [5.41, 5.74) is 1.69. The second-order valence-electron chi connectivity index (χ2n) is 4.48. The van der Waals surface area contributed by atoms with Gasteiger partial charge < -0.3 is 14.6 Å². The van der Waals surface area contributed by atoms with Gasteiger partial charge in [0.1, 0.15) is 5.75 Å². The van der Waals surface area contributed by atoms with Crippen molar-refractivity contribution in [1.82, 2.24) is 0 Å². The van der Waals surface area contributed by atoms with Crippen LogP contribution in [0.3, 0.4) is 0 Å². The molecule has 1 fully saturated rings. The third-order valence-electron chi connectivity index (χ3n) is 3.00. The van der Waals surface area contributed by atoms with Crippen LogP contribution in [0.5, 0.6) is 5.75 Å². The average Bonchev–Trinajstić information content (AvgIpc) is 2.97. The molecule has 2 rings (SSSR count). The van der Waals surface area contributed by atoms with Crippen LogP contribution in [-0.2, 0) is 17.8 Å². The average molecular weight is 222 g/mol. The quantitative estimate of drug-likeness (QED) is 0.827. The molecule has 3 nitrogen and oxygen atoms in total. The molecule has 88 valence electrons. The fraction of sp³-hybridized carbons (Fsp3) is 0.538. The summed E-state index contributed by atoms with van der Waals surface area (Å²) in [5.74, 6) is 0.847. The Labute approximate surface area is 96.0 Å². The van der Waals surface area contributed by atoms with Gasteiger partial charge in [-0.15, -0.1) is 0 Å². The van der Waals surface area contributed by atoms with Crippen molar-refractivity contribution in [1.29, 1.82) is 0 Å². The summed E-state index contributed by atoms with van der Waals surface area (Å²) in [4.78, 5) is 0. The van der Waals surface area contributed by atoms with E-state index < -0.39 is 5.60 Å². The molecule has 1 aromatic carbocycles. The van der Waals surface area contributed by atoms with Gasteiger partial charge in [0.05, 0.1) is 19.3 Å². The lowest BCUT2D eigenvalue weighted by Gasteiger charge is -2.13. The molecule has 3 heteroatoms. The Bertz CT molecular complexity index is 369. The van der Waals surface area contributed by atoms with Crippen molar-refractivity contribution in [2.24, 2.45) is 0 Å². The number of methoxy groups -OCH3 is 2. The zero-order valence-electron chi connectivity index (χ0n) is 9.82. The molecule has 0 bridgehead atoms. The summed E-state index contributed by atoms with van der Waals surface area (Å²) >= 11 is 0. The molecule has 0 aromatic heterocycles. The van der Waals surface area contributed by atoms with E-state index in [1.807, 2.05) is 12.1 Å². The Morgan fingerprint density at radius 1 is 1.31 bits per heavy atom. The van der Waals surface area contributed by atoms with Crippen molar-refractivity contribution in [3.8, 4) is 5.75 Å². The van der Waals surface area contributed by atoms with E-state index in [1.54, 1.807) is 14.2 Å². The lowest BCUT2D eigenvalue weighted by molar-refractivity contribution is 0.149. The van der Waals surface area contributed by atoms with Crippen LogP contribution in [0.15, 0.2) is 18.2 Å². The van der Waals surface area contributed by atoms with Gasteiger partial charge in [0, 0.05) is 13.5 Å². The number of hydrogen-bond acceptors (Lipinski definition) is 3. The smallest absolute Gasteiger partial charge is 0.122 e. The second kappa shape index (κ2) is 4.44. The number of benzene rings is 1. The van der Waals surface area contributed by atoms with Crippen molar-refractivity contribution >= 4 is 0 Å². The van der Waals surface area contributed by atoms with Gasteiger partial charge in [0.15, 0.2) is 0 Å². The predicted octanol–water partition coefficient (Wildman–Crippen LogP) is 1.91. The van der Waals surface area contributed by atoms with E-state index in [-0.39, 0.29) is 0 Å². The molecule has 0 aliphatic heterocycles. The Balaban J connectivity index is 2.20. The Morgan fingerprint density at radius 3 is 2.62 bits per heavy atom. The SMILES string of the molecule is COCc1ccc(OC)c(CC2(O)CC2)c1. The Morgan fingerprint density at radius 2 is 2.06 bits per heavy atom. The standard InChI is InChI=1S/C13H18O3/c1-15-9-10-3-4-12(16-2)11(7-10)8-13(14)5-6-13/h3-4,7,14H,5-6,8-9H2,1-2H3. The number of aliphatic hydroxyl groups is 1. The second-order valence-corrected chi connectivity index (χ2v) is 4.48. The monoisotopic (exact) mass is 222 g/mol. The molecule has 0 amide bonds. The maximum Gasteiger partial charge on any atom is 0.122 e. The first-order valence-corrected chi connectivity index (χ1v) is 5.54. The van der Waals surface area contributed by atoms with E-state index in [4.69, 9.17) is 9.47 Å². The van der Waals surface area contributed by atoms with Gasteiger partial charge in [0.2, 0.25) is 0 Å². The van der Waals surface area contributed by atoms with E-state index in [1.165, 1.54) is 0 Å². The van der Waals surface area contributed by atoms with Gasteiger partial charge in [-0.3, -0.25) is 0 Å². The van der Waals surface area contributed by atoms with Crippen LogP contribution >= 0.6 is 0 Å². The van der Waals surface area contributed by atoms with Gasteiger partial charge in [-0.25, -0.2) is 0 Å². The maximum absolute atomic E-state index is 9.94. The highest BCUT2D eigenvalue weighted by Crippen LogP contribution is 2.40. The first-order valence-electron chi connectivity index (χ1n) is 5.54. The molecule has 1 aromatic rings. The normalized spacial score (nSPS) is 17.2. The van der Waals surface area contributed by atoms with E-state index in [9.17, 15) is 5.11 Å². The van der Waals surface area contributed by atoms with Crippen LogP contribution in [0.2, 0.25) is 0 Å². The van der Waals surface area contributed by atoms with Gasteiger partial charge in [-0.05, 0) is 36.1 Å². The summed E-state index contributed by atoms with van der Waals surface area (Å²) in [6.07, 6.45) is 2.46. The summed E-state index contributed by atoms with van der Waals surface area (Å²) in [5, 5.41) is 9.94. The van der Waals surface area contributed by atoms with Crippen LogP contribution < -0.4 is 4.74 Å². The number of ether oxygens (including phenoxy) is 2. The lowest BCUT2D eigenvalue weighted by Crippen LogP contribution is -2.12. The minimum atomic E-state index is -0.487. The molecule has 16 heavy (non-hydrogen) atoms. The molecule has 0 heterocycles. The van der Waals surface area contributed by atoms with Crippen LogP contribution in [0.1, 0.15) is 24.0 Å². The van der Waals surface area contributed by atoms with Crippen LogP contribution in [0, 0.1) is 0 Å². The first-order chi connectivity index (χ1) is 7.67. The largest absolute Gasteiger partial charge is 0.496 e. The molecule has 0 radical (unpaired) electrons. The zero-order valence-corrected chi connectivity index (χ0v) is 9.82. The topological polar surface area (TPSA) is 38.7 Å². The van der Waals surface area contributed by atoms with Crippen molar-refractivity contribution in [2.75, 3.05) is 14.2 Å². The minimum Gasteiger partial charge on any atom is -0.496 e.